The Bertz CT molecular complexity index is 460. The molecule has 1 unspecified atom stereocenters. The smallest absolute Gasteiger partial charge is 0.119 e. The summed E-state index contributed by atoms with van der Waals surface area (Å²) in [5, 5.41) is 0. The first-order valence-corrected chi connectivity index (χ1v) is 7.06. The van der Waals surface area contributed by atoms with Crippen LogP contribution in [0.25, 0.3) is 0 Å². The third kappa shape index (κ3) is 4.14. The maximum atomic E-state index is 5.56. The molecule has 0 spiro atoms. The number of methoxy groups -OCH3 is 1. The molecular weight excluding hydrogens is 252 g/mol. The van der Waals surface area contributed by atoms with Gasteiger partial charge in [0.1, 0.15) is 18.1 Å². The number of hydrogen-bond donors (Lipinski definition) is 0. The lowest BCUT2D eigenvalue weighted by atomic mass is 9.92. The molecule has 2 rings (SSSR count). The molecule has 3 nitrogen and oxygen atoms in total. The van der Waals surface area contributed by atoms with Crippen LogP contribution in [0.4, 0.5) is 0 Å². The van der Waals surface area contributed by atoms with Crippen LogP contribution >= 0.6 is 0 Å². The minimum absolute atomic E-state index is 0.423. The molecule has 1 aromatic rings. The molecule has 0 aromatic heterocycles. The Morgan fingerprint density at radius 1 is 1.10 bits per heavy atom. The molecule has 0 saturated carbocycles. The zero-order valence-electron chi connectivity index (χ0n) is 12.2. The van der Waals surface area contributed by atoms with E-state index in [4.69, 9.17) is 14.2 Å². The quantitative estimate of drug-likeness (QED) is 0.710. The van der Waals surface area contributed by atoms with Crippen LogP contribution in [-0.2, 0) is 9.47 Å². The van der Waals surface area contributed by atoms with Gasteiger partial charge >= 0.3 is 0 Å². The van der Waals surface area contributed by atoms with Gasteiger partial charge in [-0.05, 0) is 43.2 Å². The van der Waals surface area contributed by atoms with E-state index in [0.717, 1.165) is 17.9 Å². The summed E-state index contributed by atoms with van der Waals surface area (Å²) < 4.78 is 16.0. The zero-order chi connectivity index (χ0) is 14.2. The average Bonchev–Trinajstić information content (AvgIpc) is 2.49. The standard InChI is InChI=1S/C17H22O3/c1-3-19-16-8-4-14(5-9-16)15-6-10-17(11-7-15)20-13-12-18-2/h4,6-11,14H,3,5,12-13H2,1-2H3. The van der Waals surface area contributed by atoms with Crippen molar-refractivity contribution in [2.45, 2.75) is 19.3 Å². The van der Waals surface area contributed by atoms with Gasteiger partial charge in [0.15, 0.2) is 0 Å². The van der Waals surface area contributed by atoms with Gasteiger partial charge in [-0.15, -0.1) is 0 Å². The summed E-state index contributed by atoms with van der Waals surface area (Å²) >= 11 is 0. The zero-order valence-corrected chi connectivity index (χ0v) is 12.2. The van der Waals surface area contributed by atoms with Gasteiger partial charge < -0.3 is 14.2 Å². The maximum Gasteiger partial charge on any atom is 0.119 e. The molecule has 1 aliphatic rings. The second kappa shape index (κ2) is 7.75. The number of rotatable bonds is 7. The normalized spacial score (nSPS) is 17.7. The second-order valence-electron chi connectivity index (χ2n) is 4.65. The predicted octanol–water partition coefficient (Wildman–Crippen LogP) is 3.68. The Morgan fingerprint density at radius 3 is 2.50 bits per heavy atom. The fourth-order valence-electron chi connectivity index (χ4n) is 2.18. The predicted molar refractivity (Wildman–Crippen MR) is 80.0 cm³/mol. The number of ether oxygens (including phenoxy) is 3. The average molecular weight is 274 g/mol. The molecule has 0 N–H and O–H groups in total. The first-order valence-electron chi connectivity index (χ1n) is 7.06. The molecule has 108 valence electrons. The van der Waals surface area contributed by atoms with Crippen LogP contribution in [0, 0.1) is 0 Å². The van der Waals surface area contributed by atoms with E-state index in [2.05, 4.69) is 30.4 Å². The highest BCUT2D eigenvalue weighted by atomic mass is 16.5. The fraction of sp³-hybridized carbons (Fsp3) is 0.412. The minimum Gasteiger partial charge on any atom is -0.494 e. The minimum atomic E-state index is 0.423. The molecular formula is C17H22O3. The third-order valence-electron chi connectivity index (χ3n) is 3.24. The van der Waals surface area contributed by atoms with Crippen LogP contribution in [0.15, 0.2) is 48.3 Å². The first kappa shape index (κ1) is 14.7. The van der Waals surface area contributed by atoms with Gasteiger partial charge in [0.2, 0.25) is 0 Å². The van der Waals surface area contributed by atoms with Crippen LogP contribution in [-0.4, -0.2) is 26.9 Å². The topological polar surface area (TPSA) is 27.7 Å². The van der Waals surface area contributed by atoms with Crippen molar-refractivity contribution in [1.29, 1.82) is 0 Å². The van der Waals surface area contributed by atoms with Gasteiger partial charge in [-0.25, -0.2) is 0 Å². The van der Waals surface area contributed by atoms with Crippen molar-refractivity contribution in [2.24, 2.45) is 0 Å². The largest absolute Gasteiger partial charge is 0.494 e. The summed E-state index contributed by atoms with van der Waals surface area (Å²) in [6, 6.07) is 8.27. The summed E-state index contributed by atoms with van der Waals surface area (Å²) in [5.74, 6) is 2.28. The summed E-state index contributed by atoms with van der Waals surface area (Å²) in [7, 11) is 1.67. The van der Waals surface area contributed by atoms with Crippen molar-refractivity contribution in [3.05, 3.63) is 53.8 Å². The molecule has 1 atom stereocenters. The molecule has 20 heavy (non-hydrogen) atoms. The number of allylic oxidation sites excluding steroid dienone is 3. The summed E-state index contributed by atoms with van der Waals surface area (Å²) in [6.07, 6.45) is 7.39. The summed E-state index contributed by atoms with van der Waals surface area (Å²) in [6.45, 7) is 3.91. The maximum absolute atomic E-state index is 5.56. The van der Waals surface area contributed by atoms with E-state index < -0.39 is 0 Å². The highest BCUT2D eigenvalue weighted by Crippen LogP contribution is 2.28. The van der Waals surface area contributed by atoms with Crippen LogP contribution in [0.3, 0.4) is 0 Å². The highest BCUT2D eigenvalue weighted by Gasteiger charge is 2.11. The van der Waals surface area contributed by atoms with E-state index in [1.54, 1.807) is 7.11 Å². The van der Waals surface area contributed by atoms with Gasteiger partial charge in [0, 0.05) is 13.0 Å². The van der Waals surface area contributed by atoms with Crippen molar-refractivity contribution in [2.75, 3.05) is 26.9 Å². The Morgan fingerprint density at radius 2 is 1.90 bits per heavy atom. The van der Waals surface area contributed by atoms with Crippen molar-refractivity contribution >= 4 is 0 Å². The molecule has 0 bridgehead atoms. The lowest BCUT2D eigenvalue weighted by Crippen LogP contribution is -2.04. The molecule has 0 heterocycles. The van der Waals surface area contributed by atoms with E-state index in [-0.39, 0.29) is 0 Å². The summed E-state index contributed by atoms with van der Waals surface area (Å²) in [4.78, 5) is 0. The molecule has 3 heteroatoms. The van der Waals surface area contributed by atoms with Gasteiger partial charge in [0.05, 0.1) is 13.2 Å². The van der Waals surface area contributed by atoms with E-state index in [9.17, 15) is 0 Å². The van der Waals surface area contributed by atoms with Crippen LogP contribution in [0.5, 0.6) is 5.75 Å². The Balaban J connectivity index is 1.90. The molecule has 1 aliphatic carbocycles. The lowest BCUT2D eigenvalue weighted by Gasteiger charge is -2.17. The lowest BCUT2D eigenvalue weighted by molar-refractivity contribution is 0.146. The van der Waals surface area contributed by atoms with Gasteiger partial charge in [-0.3, -0.25) is 0 Å². The third-order valence-corrected chi connectivity index (χ3v) is 3.24. The van der Waals surface area contributed by atoms with Crippen molar-refractivity contribution in [3.63, 3.8) is 0 Å². The van der Waals surface area contributed by atoms with Crippen molar-refractivity contribution in [3.8, 4) is 5.75 Å². The molecule has 0 radical (unpaired) electrons. The number of benzene rings is 1. The SMILES string of the molecule is CCOC1=CCC(c2ccc(OCCOC)cc2)C=C1. The Kier molecular flexibility index (Phi) is 5.69. The molecule has 0 aliphatic heterocycles. The Labute approximate surface area is 120 Å². The fourth-order valence-corrected chi connectivity index (χ4v) is 2.18. The Hall–Kier alpha value is -1.74. The molecule has 0 saturated heterocycles. The first-order chi connectivity index (χ1) is 9.83. The van der Waals surface area contributed by atoms with Crippen molar-refractivity contribution < 1.29 is 14.2 Å². The van der Waals surface area contributed by atoms with Crippen LogP contribution < -0.4 is 4.74 Å². The van der Waals surface area contributed by atoms with Crippen LogP contribution in [0.1, 0.15) is 24.8 Å². The number of hydrogen-bond acceptors (Lipinski definition) is 3. The van der Waals surface area contributed by atoms with E-state index in [1.807, 2.05) is 19.1 Å². The molecule has 0 amide bonds. The van der Waals surface area contributed by atoms with Gasteiger partial charge in [-0.2, -0.15) is 0 Å². The van der Waals surface area contributed by atoms with E-state index in [1.165, 1.54) is 5.56 Å². The van der Waals surface area contributed by atoms with E-state index in [0.29, 0.717) is 25.7 Å². The monoisotopic (exact) mass is 274 g/mol. The van der Waals surface area contributed by atoms with Crippen LogP contribution in [0.2, 0.25) is 0 Å². The highest BCUT2D eigenvalue weighted by molar-refractivity contribution is 5.34. The van der Waals surface area contributed by atoms with Gasteiger partial charge in [0.25, 0.3) is 0 Å². The molecule has 0 fully saturated rings. The van der Waals surface area contributed by atoms with Crippen molar-refractivity contribution in [1.82, 2.24) is 0 Å². The second-order valence-corrected chi connectivity index (χ2v) is 4.65. The van der Waals surface area contributed by atoms with Gasteiger partial charge in [-0.1, -0.05) is 18.2 Å². The molecule has 1 aromatic carbocycles. The van der Waals surface area contributed by atoms with E-state index >= 15 is 0 Å². The summed E-state index contributed by atoms with van der Waals surface area (Å²) in [5.41, 5.74) is 1.30.